The zero-order valence-electron chi connectivity index (χ0n) is 8.60. The van der Waals surface area contributed by atoms with Crippen molar-refractivity contribution >= 4 is 11.3 Å². The van der Waals surface area contributed by atoms with Crippen LogP contribution in [0.25, 0.3) is 0 Å². The summed E-state index contributed by atoms with van der Waals surface area (Å²) in [5.74, 6) is 0. The molecule has 5 heteroatoms. The molecule has 0 amide bonds. The Labute approximate surface area is 92.6 Å². The van der Waals surface area contributed by atoms with E-state index in [4.69, 9.17) is 9.47 Å². The first-order valence-corrected chi connectivity index (χ1v) is 6.20. The third-order valence-corrected chi connectivity index (χ3v) is 3.75. The molecule has 2 aliphatic heterocycles. The molecule has 2 fully saturated rings. The van der Waals surface area contributed by atoms with E-state index < -0.39 is 0 Å². The fourth-order valence-corrected chi connectivity index (χ4v) is 2.89. The van der Waals surface area contributed by atoms with Gasteiger partial charge in [0.15, 0.2) is 6.29 Å². The molecule has 2 saturated heterocycles. The molecular formula is C10H14N2O2S. The molecule has 1 atom stereocenters. The van der Waals surface area contributed by atoms with E-state index in [-0.39, 0.29) is 12.6 Å². The Morgan fingerprint density at radius 2 is 2.40 bits per heavy atom. The summed E-state index contributed by atoms with van der Waals surface area (Å²) in [7, 11) is 0. The monoisotopic (exact) mass is 226 g/mol. The van der Waals surface area contributed by atoms with Crippen molar-refractivity contribution < 1.29 is 9.47 Å². The second-order valence-corrected chi connectivity index (χ2v) is 4.82. The third-order valence-electron chi connectivity index (χ3n) is 2.77. The summed E-state index contributed by atoms with van der Waals surface area (Å²) in [5.41, 5.74) is 0.918. The van der Waals surface area contributed by atoms with Crippen LogP contribution in [0.3, 0.4) is 0 Å². The molecule has 1 N–H and O–H groups in total. The number of aromatic nitrogens is 1. The van der Waals surface area contributed by atoms with Gasteiger partial charge in [0, 0.05) is 5.38 Å². The van der Waals surface area contributed by atoms with Crippen LogP contribution in [0.2, 0.25) is 0 Å². The van der Waals surface area contributed by atoms with Gasteiger partial charge in [-0.25, -0.2) is 4.98 Å². The fraction of sp³-hybridized carbons (Fsp3) is 0.700. The van der Waals surface area contributed by atoms with Crippen molar-refractivity contribution in [2.45, 2.75) is 38.4 Å². The Balaban J connectivity index is 1.70. The van der Waals surface area contributed by atoms with Gasteiger partial charge in [-0.2, -0.15) is 0 Å². The van der Waals surface area contributed by atoms with Crippen LogP contribution in [0.15, 0.2) is 5.38 Å². The van der Waals surface area contributed by atoms with E-state index >= 15 is 0 Å². The second kappa shape index (κ2) is 3.83. The largest absolute Gasteiger partial charge is 0.318 e. The van der Waals surface area contributed by atoms with Gasteiger partial charge in [0.2, 0.25) is 6.29 Å². The average Bonchev–Trinajstić information content (AvgIpc) is 2.83. The molecule has 82 valence electrons. The standard InChI is InChI=1S/C10H14N2O2S/c1-6-13-10(14-6)8-5-15-9(12-8)7-3-2-4-11-7/h5-7,10-11H,2-4H2,1H3. The Bertz CT molecular complexity index is 343. The Morgan fingerprint density at radius 1 is 1.53 bits per heavy atom. The topological polar surface area (TPSA) is 43.4 Å². The maximum atomic E-state index is 5.40. The van der Waals surface area contributed by atoms with Crippen LogP contribution >= 0.6 is 11.3 Å². The zero-order chi connectivity index (χ0) is 10.3. The van der Waals surface area contributed by atoms with Gasteiger partial charge in [-0.3, -0.25) is 0 Å². The highest BCUT2D eigenvalue weighted by atomic mass is 32.1. The first kappa shape index (κ1) is 9.72. The Kier molecular flexibility index (Phi) is 2.48. The maximum Gasteiger partial charge on any atom is 0.207 e. The van der Waals surface area contributed by atoms with E-state index in [1.54, 1.807) is 11.3 Å². The summed E-state index contributed by atoms with van der Waals surface area (Å²) < 4.78 is 10.8. The molecule has 0 bridgehead atoms. The van der Waals surface area contributed by atoms with E-state index in [1.807, 2.05) is 12.3 Å². The smallest absolute Gasteiger partial charge is 0.207 e. The van der Waals surface area contributed by atoms with Crippen LogP contribution in [-0.2, 0) is 9.47 Å². The molecule has 0 aliphatic carbocycles. The van der Waals surface area contributed by atoms with Crippen LogP contribution in [0, 0.1) is 0 Å². The van der Waals surface area contributed by atoms with Crippen LogP contribution in [0.4, 0.5) is 0 Å². The molecular weight excluding hydrogens is 212 g/mol. The van der Waals surface area contributed by atoms with E-state index in [9.17, 15) is 0 Å². The van der Waals surface area contributed by atoms with Crippen molar-refractivity contribution in [2.24, 2.45) is 0 Å². The highest BCUT2D eigenvalue weighted by Crippen LogP contribution is 2.34. The van der Waals surface area contributed by atoms with Crippen molar-refractivity contribution in [1.82, 2.24) is 10.3 Å². The third kappa shape index (κ3) is 1.80. The summed E-state index contributed by atoms with van der Waals surface area (Å²) in [6, 6.07) is 0.446. The highest BCUT2D eigenvalue weighted by molar-refractivity contribution is 7.09. The van der Waals surface area contributed by atoms with Crippen LogP contribution in [0.1, 0.15) is 42.8 Å². The van der Waals surface area contributed by atoms with Crippen LogP contribution in [0.5, 0.6) is 0 Å². The minimum atomic E-state index is -0.230. The minimum Gasteiger partial charge on any atom is -0.318 e. The molecule has 1 aromatic heterocycles. The van der Waals surface area contributed by atoms with Crippen molar-refractivity contribution in [3.8, 4) is 0 Å². The quantitative estimate of drug-likeness (QED) is 0.837. The molecule has 0 aromatic carbocycles. The Morgan fingerprint density at radius 3 is 3.07 bits per heavy atom. The summed E-state index contributed by atoms with van der Waals surface area (Å²) in [4.78, 5) is 4.55. The van der Waals surface area contributed by atoms with Crippen molar-refractivity contribution in [3.05, 3.63) is 16.1 Å². The van der Waals surface area contributed by atoms with Crippen LogP contribution in [-0.4, -0.2) is 17.8 Å². The number of nitrogens with zero attached hydrogens (tertiary/aromatic N) is 1. The number of hydrogen-bond acceptors (Lipinski definition) is 5. The summed E-state index contributed by atoms with van der Waals surface area (Å²) >= 11 is 1.69. The lowest BCUT2D eigenvalue weighted by atomic mass is 10.2. The maximum absolute atomic E-state index is 5.40. The number of thiazole rings is 1. The zero-order valence-corrected chi connectivity index (χ0v) is 9.42. The van der Waals surface area contributed by atoms with Crippen molar-refractivity contribution in [3.63, 3.8) is 0 Å². The van der Waals surface area contributed by atoms with Gasteiger partial charge >= 0.3 is 0 Å². The van der Waals surface area contributed by atoms with Crippen molar-refractivity contribution in [2.75, 3.05) is 6.54 Å². The van der Waals surface area contributed by atoms with Gasteiger partial charge in [0.25, 0.3) is 0 Å². The predicted molar refractivity (Wildman–Crippen MR) is 56.5 cm³/mol. The van der Waals surface area contributed by atoms with Crippen LogP contribution < -0.4 is 5.32 Å². The molecule has 2 aliphatic rings. The molecule has 4 nitrogen and oxygen atoms in total. The van der Waals surface area contributed by atoms with E-state index in [0.29, 0.717) is 6.04 Å². The lowest BCUT2D eigenvalue weighted by Gasteiger charge is -2.32. The molecule has 3 heterocycles. The summed E-state index contributed by atoms with van der Waals surface area (Å²) in [6.45, 7) is 3.00. The number of rotatable bonds is 2. The summed E-state index contributed by atoms with van der Waals surface area (Å²) in [5, 5.41) is 6.63. The molecule has 1 aromatic rings. The Hall–Kier alpha value is -0.490. The van der Waals surface area contributed by atoms with E-state index in [0.717, 1.165) is 17.2 Å². The van der Waals surface area contributed by atoms with Gasteiger partial charge < -0.3 is 14.8 Å². The van der Waals surface area contributed by atoms with Gasteiger partial charge in [-0.1, -0.05) is 0 Å². The van der Waals surface area contributed by atoms with Crippen molar-refractivity contribution in [1.29, 1.82) is 0 Å². The minimum absolute atomic E-state index is 0.0789. The lowest BCUT2D eigenvalue weighted by molar-refractivity contribution is -0.383. The number of nitrogens with one attached hydrogen (secondary N) is 1. The highest BCUT2D eigenvalue weighted by Gasteiger charge is 2.31. The van der Waals surface area contributed by atoms with E-state index in [2.05, 4.69) is 10.3 Å². The second-order valence-electron chi connectivity index (χ2n) is 3.93. The van der Waals surface area contributed by atoms with Gasteiger partial charge in [-0.15, -0.1) is 11.3 Å². The first-order chi connectivity index (χ1) is 7.33. The van der Waals surface area contributed by atoms with Gasteiger partial charge in [0.05, 0.1) is 6.04 Å². The van der Waals surface area contributed by atoms with E-state index in [1.165, 1.54) is 12.8 Å². The van der Waals surface area contributed by atoms with Gasteiger partial charge in [-0.05, 0) is 26.3 Å². The first-order valence-electron chi connectivity index (χ1n) is 5.32. The van der Waals surface area contributed by atoms with Gasteiger partial charge in [0.1, 0.15) is 10.7 Å². The SMILES string of the molecule is CC1OC(c2csc(C3CCCN3)n2)O1. The summed E-state index contributed by atoms with van der Waals surface area (Å²) in [6.07, 6.45) is 2.12. The number of hydrogen-bond donors (Lipinski definition) is 1. The number of ether oxygens (including phenoxy) is 2. The predicted octanol–water partition coefficient (Wildman–Crippen LogP) is 1.96. The normalized spacial score (nSPS) is 35.4. The fourth-order valence-electron chi connectivity index (χ4n) is 1.96. The molecule has 15 heavy (non-hydrogen) atoms. The molecule has 0 saturated carbocycles. The molecule has 0 radical (unpaired) electrons. The average molecular weight is 226 g/mol. The molecule has 0 spiro atoms. The lowest BCUT2D eigenvalue weighted by Crippen LogP contribution is -2.31. The molecule has 3 rings (SSSR count). The molecule has 1 unspecified atom stereocenters.